The van der Waals surface area contributed by atoms with Crippen LogP contribution in [0.4, 0.5) is 18.3 Å². The summed E-state index contributed by atoms with van der Waals surface area (Å²) in [6.45, 7) is 2.73. The Labute approximate surface area is 98.9 Å². The molecule has 5 nitrogen and oxygen atoms in total. The summed E-state index contributed by atoms with van der Waals surface area (Å²) in [5.74, 6) is -1.16. The molecular weight excluding hydrogens is 259 g/mol. The molecule has 0 amide bonds. The van der Waals surface area contributed by atoms with Gasteiger partial charge >= 0.3 is 12.1 Å². The molecular formula is C8H10F3N3O2S. The van der Waals surface area contributed by atoms with Gasteiger partial charge < -0.3 is 10.0 Å². The fourth-order valence-electron chi connectivity index (χ4n) is 0.848. The summed E-state index contributed by atoms with van der Waals surface area (Å²) in [6.07, 6.45) is -4.57. The number of aliphatic carboxylic acids is 1. The summed E-state index contributed by atoms with van der Waals surface area (Å²) in [5, 5.41) is 14.1. The van der Waals surface area contributed by atoms with E-state index in [1.165, 1.54) is 20.9 Å². The predicted molar refractivity (Wildman–Crippen MR) is 55.0 cm³/mol. The number of anilines is 1. The first-order valence-electron chi connectivity index (χ1n) is 4.44. The largest absolute Gasteiger partial charge is 0.480 e. The maximum Gasteiger partial charge on any atom is 0.445 e. The summed E-state index contributed by atoms with van der Waals surface area (Å²) in [6, 6.07) is 0. The Morgan fingerprint density at radius 1 is 1.35 bits per heavy atom. The van der Waals surface area contributed by atoms with E-state index in [0.29, 0.717) is 11.3 Å². The van der Waals surface area contributed by atoms with Crippen LogP contribution in [-0.2, 0) is 11.0 Å². The van der Waals surface area contributed by atoms with Gasteiger partial charge in [0.05, 0.1) is 0 Å². The zero-order chi connectivity index (χ0) is 13.4. The standard InChI is InChI=1S/C8H10F3N3O2S/c1-7(2,5(15)16)14(3)6-13-12-4(17-6)8(9,10)11/h1-3H3,(H,15,16). The number of rotatable bonds is 3. The van der Waals surface area contributed by atoms with E-state index < -0.39 is 22.7 Å². The number of carbonyl (C=O) groups is 1. The van der Waals surface area contributed by atoms with E-state index in [1.54, 1.807) is 0 Å². The van der Waals surface area contributed by atoms with E-state index in [-0.39, 0.29) is 5.13 Å². The molecule has 0 saturated heterocycles. The number of hydrogen-bond acceptors (Lipinski definition) is 5. The fourth-order valence-corrected chi connectivity index (χ4v) is 1.67. The number of nitrogens with zero attached hydrogens (tertiary/aromatic N) is 3. The average Bonchev–Trinajstić information content (AvgIpc) is 2.63. The lowest BCUT2D eigenvalue weighted by molar-refractivity contribution is -0.142. The monoisotopic (exact) mass is 269 g/mol. The number of aromatic nitrogens is 2. The first kappa shape index (κ1) is 13.7. The number of likely N-dealkylation sites (N-methyl/N-ethyl adjacent to an activating group) is 1. The van der Waals surface area contributed by atoms with E-state index in [1.807, 2.05) is 0 Å². The first-order chi connectivity index (χ1) is 7.56. The molecule has 0 aliphatic heterocycles. The molecule has 17 heavy (non-hydrogen) atoms. The van der Waals surface area contributed by atoms with Crippen molar-refractivity contribution in [2.24, 2.45) is 0 Å². The van der Waals surface area contributed by atoms with Crippen molar-refractivity contribution in [1.82, 2.24) is 10.2 Å². The maximum absolute atomic E-state index is 12.3. The molecule has 0 fully saturated rings. The Hall–Kier alpha value is -1.38. The van der Waals surface area contributed by atoms with Crippen LogP contribution >= 0.6 is 11.3 Å². The summed E-state index contributed by atoms with van der Waals surface area (Å²) >= 11 is 0.308. The van der Waals surface area contributed by atoms with Crippen molar-refractivity contribution in [1.29, 1.82) is 0 Å². The lowest BCUT2D eigenvalue weighted by Crippen LogP contribution is -2.48. The maximum atomic E-state index is 12.3. The lowest BCUT2D eigenvalue weighted by Gasteiger charge is -2.30. The van der Waals surface area contributed by atoms with Gasteiger partial charge in [0.1, 0.15) is 5.54 Å². The van der Waals surface area contributed by atoms with Crippen LogP contribution < -0.4 is 4.90 Å². The second kappa shape index (κ2) is 4.13. The van der Waals surface area contributed by atoms with Gasteiger partial charge in [0.25, 0.3) is 0 Å². The normalized spacial score (nSPS) is 12.6. The van der Waals surface area contributed by atoms with E-state index in [4.69, 9.17) is 5.11 Å². The van der Waals surface area contributed by atoms with Crippen LogP contribution in [0.1, 0.15) is 18.9 Å². The zero-order valence-electron chi connectivity index (χ0n) is 9.24. The van der Waals surface area contributed by atoms with E-state index in [9.17, 15) is 18.0 Å². The molecule has 1 aromatic heterocycles. The number of halogens is 3. The van der Waals surface area contributed by atoms with Crippen molar-refractivity contribution in [3.8, 4) is 0 Å². The van der Waals surface area contributed by atoms with Crippen LogP contribution in [0.25, 0.3) is 0 Å². The summed E-state index contributed by atoms with van der Waals surface area (Å²) < 4.78 is 36.9. The van der Waals surface area contributed by atoms with Gasteiger partial charge in [-0.05, 0) is 13.8 Å². The van der Waals surface area contributed by atoms with E-state index in [0.717, 1.165) is 4.90 Å². The second-order valence-electron chi connectivity index (χ2n) is 3.81. The Morgan fingerprint density at radius 3 is 2.24 bits per heavy atom. The first-order valence-corrected chi connectivity index (χ1v) is 5.26. The highest BCUT2D eigenvalue weighted by atomic mass is 32.1. The molecule has 0 bridgehead atoms. The smallest absolute Gasteiger partial charge is 0.445 e. The lowest BCUT2D eigenvalue weighted by atomic mass is 10.1. The van der Waals surface area contributed by atoms with Gasteiger partial charge in [-0.3, -0.25) is 0 Å². The molecule has 0 aliphatic rings. The zero-order valence-corrected chi connectivity index (χ0v) is 10.1. The Bertz CT molecular complexity index is 430. The van der Waals surface area contributed by atoms with Crippen molar-refractivity contribution < 1.29 is 23.1 Å². The SMILES string of the molecule is CN(c1nnc(C(F)(F)F)s1)C(C)(C)C(=O)O. The van der Waals surface area contributed by atoms with Crippen LogP contribution in [0.15, 0.2) is 0 Å². The summed E-state index contributed by atoms with van der Waals surface area (Å²) in [5.41, 5.74) is -1.36. The third kappa shape index (κ3) is 2.65. The molecule has 0 saturated carbocycles. The molecule has 1 heterocycles. The van der Waals surface area contributed by atoms with Gasteiger partial charge in [-0.1, -0.05) is 11.3 Å². The highest BCUT2D eigenvalue weighted by Gasteiger charge is 2.39. The van der Waals surface area contributed by atoms with Crippen molar-refractivity contribution in [2.45, 2.75) is 25.6 Å². The van der Waals surface area contributed by atoms with Crippen LogP contribution in [0.2, 0.25) is 0 Å². The van der Waals surface area contributed by atoms with Gasteiger partial charge in [0.2, 0.25) is 10.1 Å². The van der Waals surface area contributed by atoms with Crippen LogP contribution in [0.3, 0.4) is 0 Å². The van der Waals surface area contributed by atoms with Gasteiger partial charge in [-0.2, -0.15) is 13.2 Å². The van der Waals surface area contributed by atoms with Gasteiger partial charge in [-0.15, -0.1) is 10.2 Å². The number of alkyl halides is 3. The average molecular weight is 269 g/mol. The van der Waals surface area contributed by atoms with Crippen molar-refractivity contribution in [3.05, 3.63) is 5.01 Å². The number of carboxylic acids is 1. The van der Waals surface area contributed by atoms with Crippen LogP contribution in [0, 0.1) is 0 Å². The van der Waals surface area contributed by atoms with Crippen molar-refractivity contribution >= 4 is 22.4 Å². The molecule has 1 aromatic rings. The fraction of sp³-hybridized carbons (Fsp3) is 0.625. The molecule has 96 valence electrons. The molecule has 0 aliphatic carbocycles. The van der Waals surface area contributed by atoms with Crippen molar-refractivity contribution in [3.63, 3.8) is 0 Å². The molecule has 0 aromatic carbocycles. The molecule has 0 unspecified atom stereocenters. The summed E-state index contributed by atoms with van der Waals surface area (Å²) in [4.78, 5) is 12.1. The molecule has 0 radical (unpaired) electrons. The van der Waals surface area contributed by atoms with Gasteiger partial charge in [0, 0.05) is 7.05 Å². The minimum absolute atomic E-state index is 0.0928. The topological polar surface area (TPSA) is 66.3 Å². The molecule has 1 rings (SSSR count). The number of hydrogen-bond donors (Lipinski definition) is 1. The molecule has 0 atom stereocenters. The third-order valence-corrected chi connectivity index (χ3v) is 3.35. The summed E-state index contributed by atoms with van der Waals surface area (Å²) in [7, 11) is 1.36. The van der Waals surface area contributed by atoms with E-state index in [2.05, 4.69) is 10.2 Å². The highest BCUT2D eigenvalue weighted by molar-refractivity contribution is 7.15. The third-order valence-electron chi connectivity index (χ3n) is 2.31. The van der Waals surface area contributed by atoms with Gasteiger partial charge in [-0.25, -0.2) is 4.79 Å². The second-order valence-corrected chi connectivity index (χ2v) is 4.77. The van der Waals surface area contributed by atoms with Crippen molar-refractivity contribution in [2.75, 3.05) is 11.9 Å². The van der Waals surface area contributed by atoms with Crippen LogP contribution in [-0.4, -0.2) is 33.9 Å². The minimum atomic E-state index is -4.57. The Balaban J connectivity index is 3.03. The molecule has 9 heteroatoms. The minimum Gasteiger partial charge on any atom is -0.480 e. The van der Waals surface area contributed by atoms with E-state index >= 15 is 0 Å². The number of carboxylic acid groups (broad SMARTS) is 1. The van der Waals surface area contributed by atoms with Crippen LogP contribution in [0.5, 0.6) is 0 Å². The Morgan fingerprint density at radius 2 is 1.88 bits per heavy atom. The Kier molecular flexibility index (Phi) is 3.33. The quantitative estimate of drug-likeness (QED) is 0.907. The molecule has 0 spiro atoms. The predicted octanol–water partition coefficient (Wildman–Crippen LogP) is 1.86. The molecule has 1 N–H and O–H groups in total. The highest BCUT2D eigenvalue weighted by Crippen LogP contribution is 2.35. The van der Waals surface area contributed by atoms with Gasteiger partial charge in [0.15, 0.2) is 0 Å².